The Morgan fingerprint density at radius 2 is 1.44 bits per heavy atom. The first kappa shape index (κ1) is 20.3. The number of ether oxygens (including phenoxy) is 1. The van der Waals surface area contributed by atoms with Gasteiger partial charge in [0, 0.05) is 11.1 Å². The number of thioether (sulfide) groups is 1. The zero-order chi connectivity index (χ0) is 22.1. The van der Waals surface area contributed by atoms with Crippen molar-refractivity contribution >= 4 is 39.9 Å². The van der Waals surface area contributed by atoms with Crippen molar-refractivity contribution in [3.8, 4) is 0 Å². The van der Waals surface area contributed by atoms with Crippen LogP contribution in [0.2, 0.25) is 0 Å². The first-order chi connectivity index (χ1) is 15.7. The monoisotopic (exact) mass is 442 g/mol. The Bertz CT molecular complexity index is 1210. The maximum absolute atomic E-state index is 12.6. The highest BCUT2D eigenvalue weighted by molar-refractivity contribution is 8.16. The van der Waals surface area contributed by atoms with E-state index < -0.39 is 11.0 Å². The minimum Gasteiger partial charge on any atom is -0.464 e. The van der Waals surface area contributed by atoms with E-state index >= 15 is 0 Å². The number of esters is 1. The Morgan fingerprint density at radius 1 is 0.875 bits per heavy atom. The molecular weight excluding hydrogens is 420 g/mol. The molecule has 0 fully saturated rings. The van der Waals surface area contributed by atoms with Crippen molar-refractivity contribution in [2.75, 3.05) is 17.1 Å². The number of carbonyl (C=O) groups excluding carboxylic acids is 1. The lowest BCUT2D eigenvalue weighted by Crippen LogP contribution is -2.53. The number of methoxy groups -OCH3 is 1. The van der Waals surface area contributed by atoms with Crippen LogP contribution in [0.5, 0.6) is 0 Å². The zero-order valence-electron chi connectivity index (χ0n) is 17.8. The highest BCUT2D eigenvalue weighted by Gasteiger charge is 2.56. The van der Waals surface area contributed by atoms with Crippen molar-refractivity contribution in [3.63, 3.8) is 0 Å². The van der Waals surface area contributed by atoms with Crippen LogP contribution in [-0.2, 0) is 14.5 Å². The number of hydrazone groups is 2. The molecule has 1 atom stereocenters. The van der Waals surface area contributed by atoms with Crippen LogP contribution in [0, 0.1) is 0 Å². The van der Waals surface area contributed by atoms with Crippen LogP contribution in [0.4, 0.5) is 11.4 Å². The smallest absolute Gasteiger partial charge is 0.365 e. The van der Waals surface area contributed by atoms with E-state index in [1.54, 1.807) is 0 Å². The molecule has 0 aliphatic carbocycles. The van der Waals surface area contributed by atoms with Crippen LogP contribution in [0.1, 0.15) is 24.5 Å². The summed E-state index contributed by atoms with van der Waals surface area (Å²) in [5.74, 6) is -0.469. The molecule has 0 amide bonds. The van der Waals surface area contributed by atoms with Crippen molar-refractivity contribution in [1.29, 1.82) is 0 Å². The van der Waals surface area contributed by atoms with Crippen LogP contribution in [0.3, 0.4) is 0 Å². The molecule has 3 aromatic carbocycles. The van der Waals surface area contributed by atoms with E-state index in [9.17, 15) is 4.79 Å². The lowest BCUT2D eigenvalue weighted by atomic mass is 9.96. The van der Waals surface area contributed by atoms with Crippen LogP contribution in [0.25, 0.3) is 0 Å². The van der Waals surface area contributed by atoms with E-state index in [1.807, 2.05) is 82.8 Å². The number of nitrogens with zero attached hydrogens (tertiary/aromatic N) is 4. The summed E-state index contributed by atoms with van der Waals surface area (Å²) in [5.41, 5.74) is 4.81. The minimum atomic E-state index is -0.929. The Balaban J connectivity index is 1.81. The van der Waals surface area contributed by atoms with Crippen molar-refractivity contribution in [2.45, 2.75) is 18.3 Å². The van der Waals surface area contributed by atoms with Gasteiger partial charge in [-0.3, -0.25) is 0 Å². The molecule has 3 aromatic rings. The normalized spacial score (nSPS) is 19.4. The molecule has 0 radical (unpaired) electrons. The van der Waals surface area contributed by atoms with E-state index in [1.165, 1.54) is 18.9 Å². The van der Waals surface area contributed by atoms with E-state index in [2.05, 4.69) is 19.1 Å². The number of fused-ring (bicyclic) bond motifs is 2. The molecule has 0 saturated carbocycles. The largest absolute Gasteiger partial charge is 0.464 e. The molecular formula is C25H22N4O2S. The molecule has 0 N–H and O–H groups in total. The highest BCUT2D eigenvalue weighted by atomic mass is 32.2. The van der Waals surface area contributed by atoms with Gasteiger partial charge in [-0.25, -0.2) is 14.8 Å². The summed E-state index contributed by atoms with van der Waals surface area (Å²) in [7, 11) is 1.38. The number of carbonyl (C=O) groups is 1. The predicted octanol–water partition coefficient (Wildman–Crippen LogP) is 5.17. The van der Waals surface area contributed by atoms with Gasteiger partial charge in [0.1, 0.15) is 0 Å². The Kier molecular flexibility index (Phi) is 5.19. The molecule has 2 heterocycles. The second kappa shape index (κ2) is 8.16. The fourth-order valence-corrected chi connectivity index (χ4v) is 5.38. The maximum atomic E-state index is 12.6. The Morgan fingerprint density at radius 3 is 2.03 bits per heavy atom. The first-order valence-corrected chi connectivity index (χ1v) is 11.2. The predicted molar refractivity (Wildman–Crippen MR) is 130 cm³/mol. The minimum absolute atomic E-state index is 0.280. The van der Waals surface area contributed by atoms with Gasteiger partial charge in [-0.1, -0.05) is 67.6 Å². The van der Waals surface area contributed by atoms with E-state index in [0.29, 0.717) is 0 Å². The summed E-state index contributed by atoms with van der Waals surface area (Å²) >= 11 is 1.35. The van der Waals surface area contributed by atoms with Crippen LogP contribution >= 0.6 is 11.8 Å². The summed E-state index contributed by atoms with van der Waals surface area (Å²) in [6.45, 7) is 2.10. The van der Waals surface area contributed by atoms with Gasteiger partial charge in [-0.2, -0.15) is 10.2 Å². The molecule has 0 aromatic heterocycles. The average Bonchev–Trinajstić information content (AvgIpc) is 3.26. The summed E-state index contributed by atoms with van der Waals surface area (Å²) < 4.78 is 5.05. The molecule has 32 heavy (non-hydrogen) atoms. The lowest BCUT2D eigenvalue weighted by molar-refractivity contribution is -0.132. The fraction of sp³-hybridized carbons (Fsp3) is 0.160. The standard InChI is InChI=1S/C25H22N4O2S/c1-3-22-20-16-10-11-17-21(20)25(28(26-22)18-12-6-4-7-13-18)29(19-14-8-5-9-15-19)27-23(32-25)24(30)31-2/h4-17H,3H2,1-2H3/t25-/m0/s1. The van der Waals surface area contributed by atoms with Crippen molar-refractivity contribution in [2.24, 2.45) is 10.2 Å². The van der Waals surface area contributed by atoms with Gasteiger partial charge in [0.15, 0.2) is 0 Å². The molecule has 2 aliphatic heterocycles. The van der Waals surface area contributed by atoms with Gasteiger partial charge in [-0.05, 0) is 42.4 Å². The molecule has 7 heteroatoms. The van der Waals surface area contributed by atoms with Crippen molar-refractivity contribution in [1.82, 2.24) is 0 Å². The number of para-hydroxylation sites is 2. The Hall–Kier alpha value is -3.58. The quantitative estimate of drug-likeness (QED) is 0.522. The van der Waals surface area contributed by atoms with Crippen LogP contribution in [0.15, 0.2) is 95.1 Å². The summed E-state index contributed by atoms with van der Waals surface area (Å²) in [5, 5.41) is 14.0. The third-order valence-corrected chi connectivity index (χ3v) is 6.80. The number of hydrogen-bond acceptors (Lipinski definition) is 7. The van der Waals surface area contributed by atoms with Gasteiger partial charge < -0.3 is 4.74 Å². The van der Waals surface area contributed by atoms with Crippen LogP contribution < -0.4 is 10.0 Å². The second-order valence-corrected chi connectivity index (χ2v) is 8.51. The summed E-state index contributed by atoms with van der Waals surface area (Å²) in [6, 6.07) is 28.0. The molecule has 0 saturated heterocycles. The molecule has 0 bridgehead atoms. The zero-order valence-corrected chi connectivity index (χ0v) is 18.6. The van der Waals surface area contributed by atoms with E-state index in [4.69, 9.17) is 14.9 Å². The van der Waals surface area contributed by atoms with Crippen molar-refractivity contribution in [3.05, 3.63) is 96.1 Å². The molecule has 160 valence electrons. The summed E-state index contributed by atoms with van der Waals surface area (Å²) in [4.78, 5) is 11.7. The number of anilines is 2. The fourth-order valence-electron chi connectivity index (χ4n) is 4.07. The summed E-state index contributed by atoms with van der Waals surface area (Å²) in [6.07, 6.45) is 0.775. The third-order valence-electron chi connectivity index (χ3n) is 5.51. The molecule has 5 rings (SSSR count). The topological polar surface area (TPSA) is 57.5 Å². The van der Waals surface area contributed by atoms with E-state index in [0.717, 1.165) is 34.6 Å². The first-order valence-electron chi connectivity index (χ1n) is 10.4. The average molecular weight is 443 g/mol. The SMILES string of the molecule is CCC1=NN(c2ccccc2)[C@@]2(SC(C(=O)OC)=NN2c2ccccc2)c2ccccc21. The van der Waals surface area contributed by atoms with E-state index in [-0.39, 0.29) is 5.04 Å². The number of rotatable bonds is 4. The lowest BCUT2D eigenvalue weighted by Gasteiger charge is -2.47. The van der Waals surface area contributed by atoms with Gasteiger partial charge in [-0.15, -0.1) is 0 Å². The van der Waals surface area contributed by atoms with Crippen LogP contribution in [-0.4, -0.2) is 23.8 Å². The van der Waals surface area contributed by atoms with Crippen molar-refractivity contribution < 1.29 is 9.53 Å². The van der Waals surface area contributed by atoms with Gasteiger partial charge in [0.2, 0.25) is 10.0 Å². The maximum Gasteiger partial charge on any atom is 0.365 e. The number of benzene rings is 3. The Labute approximate surface area is 191 Å². The molecule has 1 spiro atoms. The highest BCUT2D eigenvalue weighted by Crippen LogP contribution is 2.54. The molecule has 0 unspecified atom stereocenters. The molecule has 6 nitrogen and oxygen atoms in total. The third kappa shape index (κ3) is 3.08. The molecule has 2 aliphatic rings. The second-order valence-electron chi connectivity index (χ2n) is 7.35. The van der Waals surface area contributed by atoms with Gasteiger partial charge in [0.25, 0.3) is 0 Å². The number of hydrogen-bond donors (Lipinski definition) is 0. The van der Waals surface area contributed by atoms with Gasteiger partial charge >= 0.3 is 5.97 Å². The van der Waals surface area contributed by atoms with Gasteiger partial charge in [0.05, 0.1) is 24.2 Å².